The van der Waals surface area contributed by atoms with Gasteiger partial charge in [0.2, 0.25) is 5.91 Å². The quantitative estimate of drug-likeness (QED) is 0.624. The van der Waals surface area contributed by atoms with E-state index in [9.17, 15) is 14.4 Å². The number of aryl methyl sites for hydroxylation is 1. The van der Waals surface area contributed by atoms with Crippen molar-refractivity contribution in [1.82, 2.24) is 5.32 Å². The number of carbonyl (C=O) groups is 3. The van der Waals surface area contributed by atoms with Crippen molar-refractivity contribution < 1.29 is 23.9 Å². The molecule has 0 radical (unpaired) electrons. The lowest BCUT2D eigenvalue weighted by molar-refractivity contribution is -0.125. The maximum absolute atomic E-state index is 13.2. The average molecular weight is 490 g/mol. The number of thiophene rings is 1. The van der Waals surface area contributed by atoms with Gasteiger partial charge in [0.15, 0.2) is 5.06 Å². The van der Waals surface area contributed by atoms with Crippen LogP contribution in [-0.2, 0) is 14.3 Å². The molecule has 0 saturated carbocycles. The zero-order chi connectivity index (χ0) is 23.5. The molecule has 2 saturated heterocycles. The number of amides is 3. The van der Waals surface area contributed by atoms with Crippen LogP contribution in [0.4, 0.5) is 16.2 Å². The van der Waals surface area contributed by atoms with E-state index in [2.05, 4.69) is 11.9 Å². The second-order valence-electron chi connectivity index (χ2n) is 7.85. The summed E-state index contributed by atoms with van der Waals surface area (Å²) >= 11 is 7.03. The monoisotopic (exact) mass is 489 g/mol. The Morgan fingerprint density at radius 3 is 2.82 bits per heavy atom. The van der Waals surface area contributed by atoms with Crippen LogP contribution in [0, 0.1) is 12.8 Å². The molecule has 8 nitrogen and oxygen atoms in total. The Morgan fingerprint density at radius 1 is 1.33 bits per heavy atom. The van der Waals surface area contributed by atoms with Gasteiger partial charge < -0.3 is 24.6 Å². The fourth-order valence-electron chi connectivity index (χ4n) is 4.12. The van der Waals surface area contributed by atoms with Crippen LogP contribution >= 0.6 is 22.9 Å². The third kappa shape index (κ3) is 5.05. The number of halogens is 1. The van der Waals surface area contributed by atoms with Gasteiger partial charge in [-0.25, -0.2) is 4.79 Å². The molecule has 2 fully saturated rings. The number of morpholine rings is 1. The Labute approximate surface area is 200 Å². The van der Waals surface area contributed by atoms with Crippen molar-refractivity contribution in [3.63, 3.8) is 0 Å². The molecular weight excluding hydrogens is 466 g/mol. The van der Waals surface area contributed by atoms with Crippen LogP contribution in [-0.4, -0.2) is 50.3 Å². The van der Waals surface area contributed by atoms with Crippen LogP contribution in [0.2, 0.25) is 4.34 Å². The first-order valence-corrected chi connectivity index (χ1v) is 11.7. The summed E-state index contributed by atoms with van der Waals surface area (Å²) in [7, 11) is 0. The van der Waals surface area contributed by atoms with Gasteiger partial charge in [0.25, 0.3) is 5.91 Å². The van der Waals surface area contributed by atoms with Crippen molar-refractivity contribution in [1.29, 1.82) is 0 Å². The van der Waals surface area contributed by atoms with Crippen molar-refractivity contribution in [3.05, 3.63) is 52.9 Å². The molecule has 0 spiro atoms. The van der Waals surface area contributed by atoms with Gasteiger partial charge in [0, 0.05) is 24.5 Å². The van der Waals surface area contributed by atoms with Crippen LogP contribution in [0.25, 0.3) is 0 Å². The lowest BCUT2D eigenvalue weighted by Crippen LogP contribution is -2.42. The largest absolute Gasteiger partial charge is 0.413 e. The van der Waals surface area contributed by atoms with Crippen LogP contribution in [0.5, 0.6) is 5.06 Å². The summed E-state index contributed by atoms with van der Waals surface area (Å²) in [4.78, 5) is 41.2. The summed E-state index contributed by atoms with van der Waals surface area (Å²) in [6, 6.07) is 8.37. The van der Waals surface area contributed by atoms with Gasteiger partial charge >= 0.3 is 6.09 Å². The van der Waals surface area contributed by atoms with Gasteiger partial charge in [-0.05, 0) is 49.2 Å². The Hall–Kier alpha value is -2.88. The van der Waals surface area contributed by atoms with Gasteiger partial charge in [0.1, 0.15) is 6.61 Å². The highest BCUT2D eigenvalue weighted by Gasteiger charge is 2.41. The fraction of sp³-hybridized carbons (Fsp3) is 0.348. The summed E-state index contributed by atoms with van der Waals surface area (Å²) in [5.74, 6) is -0.646. The molecule has 2 aliphatic rings. The van der Waals surface area contributed by atoms with E-state index >= 15 is 0 Å². The van der Waals surface area contributed by atoms with Crippen LogP contribution in [0.15, 0.2) is 43.0 Å². The number of nitrogens with one attached hydrogen (secondary N) is 1. The number of hydrogen-bond donors (Lipinski definition) is 1. The van der Waals surface area contributed by atoms with Crippen LogP contribution in [0.3, 0.4) is 0 Å². The number of nitrogens with zero attached hydrogens (tertiary/aromatic N) is 2. The summed E-state index contributed by atoms with van der Waals surface area (Å²) in [6.45, 7) is 7.00. The molecule has 0 aliphatic carbocycles. The van der Waals surface area contributed by atoms with E-state index in [4.69, 9.17) is 21.1 Å². The van der Waals surface area contributed by atoms with Gasteiger partial charge in [-0.15, -0.1) is 6.58 Å². The third-order valence-electron chi connectivity index (χ3n) is 5.68. The average Bonchev–Trinajstić information content (AvgIpc) is 3.32. The first-order chi connectivity index (χ1) is 15.9. The van der Waals surface area contributed by atoms with Gasteiger partial charge in [-0.1, -0.05) is 29.0 Å². The molecule has 0 unspecified atom stereocenters. The summed E-state index contributed by atoms with van der Waals surface area (Å²) in [5.41, 5.74) is 2.38. The number of ether oxygens (including phenoxy) is 2. The zero-order valence-electron chi connectivity index (χ0n) is 18.1. The molecule has 1 N–H and O–H groups in total. The Morgan fingerprint density at radius 2 is 2.15 bits per heavy atom. The molecule has 2 atom stereocenters. The third-order valence-corrected chi connectivity index (χ3v) is 6.79. The number of allylic oxidation sites excluding steroid dienone is 1. The summed E-state index contributed by atoms with van der Waals surface area (Å²) in [5, 5.41) is 3.19. The predicted octanol–water partition coefficient (Wildman–Crippen LogP) is 3.77. The molecule has 2 aliphatic heterocycles. The SMILES string of the molecule is C=CC[C@H]1C(=O)N(c2ccc(N3CCOCC3=O)c(C)c2)C[C@@H]1NC(=O)Oc1ccc(Cl)s1. The topological polar surface area (TPSA) is 88.2 Å². The highest BCUT2D eigenvalue weighted by molar-refractivity contribution is 7.17. The highest BCUT2D eigenvalue weighted by Crippen LogP contribution is 2.32. The highest BCUT2D eigenvalue weighted by atomic mass is 35.5. The van der Waals surface area contributed by atoms with E-state index in [1.165, 1.54) is 0 Å². The predicted molar refractivity (Wildman–Crippen MR) is 127 cm³/mol. The zero-order valence-corrected chi connectivity index (χ0v) is 19.7. The van der Waals surface area contributed by atoms with Crippen molar-refractivity contribution in [2.45, 2.75) is 19.4 Å². The maximum atomic E-state index is 13.2. The standard InChI is InChI=1S/C23H24ClN3O5S/c1-3-4-16-17(25-23(30)32-21-8-7-19(24)33-21)12-27(22(16)29)15-5-6-18(14(2)11-15)26-9-10-31-13-20(26)28/h3,5-8,11,16-17H,1,4,9-10,12-13H2,2H3,(H,25,30)/t16-,17+/m1/s1. The molecular formula is C23H24ClN3O5S. The molecule has 174 valence electrons. The fourth-order valence-corrected chi connectivity index (χ4v) is 4.99. The van der Waals surface area contributed by atoms with Crippen molar-refractivity contribution in [2.24, 2.45) is 5.92 Å². The number of carbonyl (C=O) groups excluding carboxylic acids is 3. The molecule has 2 aromatic rings. The van der Waals surface area contributed by atoms with E-state index in [0.717, 1.165) is 22.6 Å². The molecule has 3 heterocycles. The van der Waals surface area contributed by atoms with Crippen molar-refractivity contribution in [2.75, 3.05) is 36.1 Å². The number of anilines is 2. The lowest BCUT2D eigenvalue weighted by atomic mass is 9.99. The smallest absolute Gasteiger partial charge is 0.399 e. The second kappa shape index (κ2) is 9.94. The molecule has 0 bridgehead atoms. The first kappa shape index (κ1) is 23.3. The number of rotatable bonds is 6. The summed E-state index contributed by atoms with van der Waals surface area (Å²) < 4.78 is 11.0. The van der Waals surface area contributed by atoms with Crippen LogP contribution in [0.1, 0.15) is 12.0 Å². The summed E-state index contributed by atoms with van der Waals surface area (Å²) in [6.07, 6.45) is 1.45. The Balaban J connectivity index is 1.50. The van der Waals surface area contributed by atoms with Crippen molar-refractivity contribution in [3.8, 4) is 5.06 Å². The minimum atomic E-state index is -0.639. The molecule has 1 aromatic heterocycles. The number of benzene rings is 1. The lowest BCUT2D eigenvalue weighted by Gasteiger charge is -2.29. The molecule has 3 amide bonds. The van der Waals surface area contributed by atoms with Crippen molar-refractivity contribution >= 4 is 52.2 Å². The molecule has 4 rings (SSSR count). The van der Waals surface area contributed by atoms with Gasteiger partial charge in [-0.2, -0.15) is 0 Å². The van der Waals surface area contributed by atoms with Crippen LogP contribution < -0.4 is 19.9 Å². The minimum absolute atomic E-state index is 0.0656. The molecule has 33 heavy (non-hydrogen) atoms. The second-order valence-corrected chi connectivity index (χ2v) is 9.52. The first-order valence-electron chi connectivity index (χ1n) is 10.5. The van der Waals surface area contributed by atoms with Gasteiger partial charge in [-0.3, -0.25) is 9.59 Å². The Kier molecular flexibility index (Phi) is 7.02. The normalized spacial score (nSPS) is 20.8. The van der Waals surface area contributed by atoms with E-state index in [1.807, 2.05) is 25.1 Å². The molecule has 10 heteroatoms. The Bertz CT molecular complexity index is 1090. The maximum Gasteiger partial charge on any atom is 0.413 e. The van der Waals surface area contributed by atoms with Gasteiger partial charge in [0.05, 0.1) is 22.9 Å². The van der Waals surface area contributed by atoms with E-state index < -0.39 is 18.1 Å². The van der Waals surface area contributed by atoms with E-state index in [1.54, 1.807) is 28.0 Å². The minimum Gasteiger partial charge on any atom is -0.399 e. The number of hydrogen-bond acceptors (Lipinski definition) is 6. The molecule has 1 aromatic carbocycles. The van der Waals surface area contributed by atoms with E-state index in [0.29, 0.717) is 41.2 Å². The van der Waals surface area contributed by atoms with E-state index in [-0.39, 0.29) is 18.4 Å².